The third-order valence-corrected chi connectivity index (χ3v) is 8.57. The van der Waals surface area contributed by atoms with E-state index in [0.717, 1.165) is 22.3 Å². The van der Waals surface area contributed by atoms with Gasteiger partial charge >= 0.3 is 0 Å². The Bertz CT molecular complexity index is 1820. The first-order valence-electron chi connectivity index (χ1n) is 13.8. The van der Waals surface area contributed by atoms with Crippen LogP contribution in [-0.2, 0) is 16.1 Å². The molecule has 2 heterocycles. The van der Waals surface area contributed by atoms with Gasteiger partial charge in [0.25, 0.3) is 5.56 Å². The van der Waals surface area contributed by atoms with E-state index in [0.29, 0.717) is 32.9 Å². The summed E-state index contributed by atoms with van der Waals surface area (Å²) in [4.78, 5) is 42.3. The van der Waals surface area contributed by atoms with Gasteiger partial charge in [0.05, 0.1) is 16.2 Å². The van der Waals surface area contributed by atoms with E-state index in [2.05, 4.69) is 0 Å². The topological polar surface area (TPSA) is 68.6 Å². The molecule has 1 amide bonds. The number of halogens is 1. The number of morpholine rings is 1. The Hall–Kier alpha value is -3.78. The van der Waals surface area contributed by atoms with Crippen LogP contribution in [0.25, 0.3) is 23.3 Å². The standard InChI is InChI=1S/C34H33ClN2O4S/c1-22-10-8-9-13-26(22)29(38)18-32-37(20-31(39)36-19-23(2)41-34(3,4)21-36)33(40)30(42-32)17-24-14-15-27(28(35)16-24)25-11-6-5-7-12-25/h5-18,23H,19-21H2,1-4H3/b30-17-,32-18+. The molecule has 42 heavy (non-hydrogen) atoms. The van der Waals surface area contributed by atoms with Gasteiger partial charge in [0.15, 0.2) is 5.78 Å². The number of Topliss-reactive ketones (excluding diaryl/α,β-unsaturated/α-hetero) is 1. The van der Waals surface area contributed by atoms with Crippen molar-refractivity contribution in [3.8, 4) is 11.1 Å². The van der Waals surface area contributed by atoms with E-state index >= 15 is 0 Å². The molecule has 1 saturated heterocycles. The van der Waals surface area contributed by atoms with E-state index in [-0.39, 0.29) is 29.9 Å². The summed E-state index contributed by atoms with van der Waals surface area (Å²) in [6.07, 6.45) is 3.08. The molecule has 1 unspecified atom stereocenters. The first kappa shape index (κ1) is 29.7. The molecule has 3 aromatic carbocycles. The Kier molecular flexibility index (Phi) is 8.64. The number of rotatable bonds is 6. The predicted molar refractivity (Wildman–Crippen MR) is 169 cm³/mol. The van der Waals surface area contributed by atoms with Crippen LogP contribution in [0.4, 0.5) is 0 Å². The molecule has 4 aromatic rings. The average molecular weight is 601 g/mol. The maximum atomic E-state index is 13.7. The second-order valence-corrected chi connectivity index (χ2v) is 12.7. The Morgan fingerprint density at radius 2 is 1.79 bits per heavy atom. The number of hydrogen-bond acceptors (Lipinski definition) is 5. The Balaban J connectivity index is 1.56. The number of ketones is 1. The maximum Gasteiger partial charge on any atom is 0.269 e. The lowest BCUT2D eigenvalue weighted by atomic mass is 10.0. The highest BCUT2D eigenvalue weighted by Crippen LogP contribution is 2.28. The highest BCUT2D eigenvalue weighted by atomic mass is 35.5. The zero-order valence-electron chi connectivity index (χ0n) is 24.1. The monoisotopic (exact) mass is 600 g/mol. The third kappa shape index (κ3) is 6.65. The van der Waals surface area contributed by atoms with Gasteiger partial charge in [-0.2, -0.15) is 0 Å². The lowest BCUT2D eigenvalue weighted by molar-refractivity contribution is -0.158. The molecule has 6 nitrogen and oxygen atoms in total. The van der Waals surface area contributed by atoms with Gasteiger partial charge in [0, 0.05) is 35.3 Å². The van der Waals surface area contributed by atoms with Crippen molar-refractivity contribution in [1.82, 2.24) is 9.47 Å². The van der Waals surface area contributed by atoms with E-state index in [4.69, 9.17) is 16.3 Å². The van der Waals surface area contributed by atoms with Gasteiger partial charge in [0.2, 0.25) is 5.91 Å². The van der Waals surface area contributed by atoms with Crippen LogP contribution >= 0.6 is 22.9 Å². The second kappa shape index (κ2) is 12.2. The van der Waals surface area contributed by atoms with E-state index in [1.54, 1.807) is 17.0 Å². The SMILES string of the molecule is Cc1ccccc1C(=O)/C=c1/s/c(=C\c2ccc(-c3ccccc3)c(Cl)c2)c(=O)n1CC(=O)N1CC(C)OC(C)(C)C1. The molecule has 1 aromatic heterocycles. The number of thiazole rings is 1. The summed E-state index contributed by atoms with van der Waals surface area (Å²) in [6.45, 7) is 8.37. The fraction of sp³-hybridized carbons (Fsp3) is 0.265. The summed E-state index contributed by atoms with van der Waals surface area (Å²) < 4.78 is 8.18. The fourth-order valence-corrected chi connectivity index (χ4v) is 6.67. The van der Waals surface area contributed by atoms with Gasteiger partial charge in [-0.05, 0) is 56.5 Å². The van der Waals surface area contributed by atoms with Gasteiger partial charge in [-0.15, -0.1) is 11.3 Å². The molecule has 0 saturated carbocycles. The maximum absolute atomic E-state index is 13.7. The fourth-order valence-electron chi connectivity index (χ4n) is 5.34. The summed E-state index contributed by atoms with van der Waals surface area (Å²) in [5.74, 6) is -0.420. The molecule has 5 rings (SSSR count). The van der Waals surface area contributed by atoms with E-state index in [9.17, 15) is 14.4 Å². The molecule has 216 valence electrons. The van der Waals surface area contributed by atoms with Crippen LogP contribution < -0.4 is 14.8 Å². The van der Waals surface area contributed by atoms with Crippen molar-refractivity contribution in [2.45, 2.75) is 45.9 Å². The minimum Gasteiger partial charge on any atom is -0.369 e. The number of aromatic nitrogens is 1. The van der Waals surface area contributed by atoms with Crippen LogP contribution in [0, 0.1) is 6.92 Å². The summed E-state index contributed by atoms with van der Waals surface area (Å²) >= 11 is 7.82. The number of nitrogens with zero attached hydrogens (tertiary/aromatic N) is 2. The lowest BCUT2D eigenvalue weighted by Gasteiger charge is -2.41. The molecule has 0 N–H and O–H groups in total. The van der Waals surface area contributed by atoms with Gasteiger partial charge in [-0.1, -0.05) is 78.3 Å². The van der Waals surface area contributed by atoms with E-state index in [1.165, 1.54) is 22.0 Å². The zero-order valence-corrected chi connectivity index (χ0v) is 25.7. The number of carbonyl (C=O) groups is 2. The van der Waals surface area contributed by atoms with Crippen LogP contribution in [0.5, 0.6) is 0 Å². The average Bonchev–Trinajstić information content (AvgIpc) is 3.21. The number of amides is 1. The summed E-state index contributed by atoms with van der Waals surface area (Å²) in [6, 6.07) is 22.8. The van der Waals surface area contributed by atoms with Crippen LogP contribution in [0.3, 0.4) is 0 Å². The molecule has 0 spiro atoms. The molecule has 0 radical (unpaired) electrons. The number of aryl methyl sites for hydroxylation is 1. The molecule has 1 aliphatic heterocycles. The van der Waals surface area contributed by atoms with Gasteiger partial charge in [-0.25, -0.2) is 0 Å². The van der Waals surface area contributed by atoms with Crippen molar-refractivity contribution >= 4 is 46.8 Å². The van der Waals surface area contributed by atoms with Crippen molar-refractivity contribution in [1.29, 1.82) is 0 Å². The van der Waals surface area contributed by atoms with Crippen molar-refractivity contribution in [3.63, 3.8) is 0 Å². The molecule has 0 aliphatic carbocycles. The molecule has 8 heteroatoms. The number of ether oxygens (including phenoxy) is 1. The molecular formula is C34H33ClN2O4S. The highest BCUT2D eigenvalue weighted by Gasteiger charge is 2.33. The summed E-state index contributed by atoms with van der Waals surface area (Å²) in [7, 11) is 0. The zero-order chi connectivity index (χ0) is 30.0. The highest BCUT2D eigenvalue weighted by molar-refractivity contribution is 7.07. The second-order valence-electron chi connectivity index (χ2n) is 11.2. The van der Waals surface area contributed by atoms with E-state index in [1.807, 2.05) is 94.4 Å². The third-order valence-electron chi connectivity index (χ3n) is 7.19. The Morgan fingerprint density at radius 1 is 1.07 bits per heavy atom. The quantitative estimate of drug-likeness (QED) is 0.290. The number of carbonyl (C=O) groups excluding carboxylic acids is 2. The van der Waals surface area contributed by atoms with Crippen molar-refractivity contribution in [2.75, 3.05) is 13.1 Å². The van der Waals surface area contributed by atoms with Gasteiger partial charge in [-0.3, -0.25) is 19.0 Å². The Morgan fingerprint density at radius 3 is 2.48 bits per heavy atom. The minimum absolute atomic E-state index is 0.127. The summed E-state index contributed by atoms with van der Waals surface area (Å²) in [5, 5.41) is 0.563. The lowest BCUT2D eigenvalue weighted by Crippen LogP contribution is -2.55. The summed E-state index contributed by atoms with van der Waals surface area (Å²) in [5.41, 5.74) is 3.20. The van der Waals surface area contributed by atoms with Crippen LogP contribution in [-0.4, -0.2) is 46.0 Å². The first-order chi connectivity index (χ1) is 20.0. The first-order valence-corrected chi connectivity index (χ1v) is 15.0. The number of hydrogen-bond donors (Lipinski definition) is 0. The van der Waals surface area contributed by atoms with Crippen molar-refractivity contribution < 1.29 is 14.3 Å². The minimum atomic E-state index is -0.493. The van der Waals surface area contributed by atoms with Crippen molar-refractivity contribution in [2.24, 2.45) is 0 Å². The number of benzene rings is 3. The van der Waals surface area contributed by atoms with Crippen LogP contribution in [0.15, 0.2) is 77.6 Å². The largest absolute Gasteiger partial charge is 0.369 e. The van der Waals surface area contributed by atoms with E-state index < -0.39 is 5.60 Å². The van der Waals surface area contributed by atoms with Crippen LogP contribution in [0.1, 0.15) is 42.3 Å². The van der Waals surface area contributed by atoms with Crippen LogP contribution in [0.2, 0.25) is 5.02 Å². The van der Waals surface area contributed by atoms with Gasteiger partial charge < -0.3 is 9.64 Å². The molecule has 0 bridgehead atoms. The smallest absolute Gasteiger partial charge is 0.269 e. The molecule has 1 fully saturated rings. The molecule has 1 aliphatic rings. The normalized spacial score (nSPS) is 17.5. The van der Waals surface area contributed by atoms with Crippen molar-refractivity contribution in [3.05, 3.63) is 114 Å². The predicted octanol–water partition coefficient (Wildman–Crippen LogP) is 5.06. The molecule has 1 atom stereocenters. The molecular weight excluding hydrogens is 568 g/mol. The Labute approximate surface area is 254 Å². The van der Waals surface area contributed by atoms with Gasteiger partial charge in [0.1, 0.15) is 11.2 Å².